The van der Waals surface area contributed by atoms with Crippen LogP contribution in [0, 0.1) is 0 Å². The zero-order chi connectivity index (χ0) is 10.0. The SMILES string of the molecule is CC(C)N1CCC2(CCCCO2)CC1. The van der Waals surface area contributed by atoms with Gasteiger partial charge in [0, 0.05) is 25.7 Å². The van der Waals surface area contributed by atoms with E-state index in [1.54, 1.807) is 0 Å². The van der Waals surface area contributed by atoms with E-state index in [4.69, 9.17) is 4.74 Å². The quantitative estimate of drug-likeness (QED) is 0.640. The summed E-state index contributed by atoms with van der Waals surface area (Å²) in [6, 6.07) is 0.705. The predicted molar refractivity (Wildman–Crippen MR) is 58.5 cm³/mol. The molecular weight excluding hydrogens is 174 g/mol. The van der Waals surface area contributed by atoms with E-state index in [-0.39, 0.29) is 5.60 Å². The number of likely N-dealkylation sites (tertiary alicyclic amines) is 1. The van der Waals surface area contributed by atoms with Crippen LogP contribution < -0.4 is 0 Å². The Morgan fingerprint density at radius 1 is 1.07 bits per heavy atom. The van der Waals surface area contributed by atoms with Crippen molar-refractivity contribution in [1.82, 2.24) is 4.90 Å². The zero-order valence-electron chi connectivity index (χ0n) is 9.59. The Labute approximate surface area is 87.6 Å². The molecule has 1 spiro atoms. The van der Waals surface area contributed by atoms with Crippen molar-refractivity contribution in [1.29, 1.82) is 0 Å². The maximum absolute atomic E-state index is 6.01. The molecule has 0 amide bonds. The summed E-state index contributed by atoms with van der Waals surface area (Å²) in [5.41, 5.74) is 0.281. The number of nitrogens with zero attached hydrogens (tertiary/aromatic N) is 1. The molecule has 2 heterocycles. The molecule has 82 valence electrons. The Kier molecular flexibility index (Phi) is 3.13. The summed E-state index contributed by atoms with van der Waals surface area (Å²) < 4.78 is 6.01. The molecule has 0 aliphatic carbocycles. The van der Waals surface area contributed by atoms with E-state index in [2.05, 4.69) is 18.7 Å². The minimum atomic E-state index is 0.281. The van der Waals surface area contributed by atoms with Crippen LogP contribution in [0.15, 0.2) is 0 Å². The first kappa shape index (κ1) is 10.4. The molecule has 2 aliphatic rings. The van der Waals surface area contributed by atoms with Crippen molar-refractivity contribution in [2.45, 2.75) is 57.6 Å². The molecule has 2 heteroatoms. The van der Waals surface area contributed by atoms with Crippen LogP contribution in [0.5, 0.6) is 0 Å². The van der Waals surface area contributed by atoms with Gasteiger partial charge in [-0.25, -0.2) is 0 Å². The first-order valence-corrected chi connectivity index (χ1v) is 6.10. The van der Waals surface area contributed by atoms with E-state index in [9.17, 15) is 0 Å². The van der Waals surface area contributed by atoms with Crippen LogP contribution in [0.3, 0.4) is 0 Å². The second kappa shape index (κ2) is 4.19. The fourth-order valence-electron chi connectivity index (χ4n) is 2.75. The second-order valence-corrected chi connectivity index (χ2v) is 5.12. The molecule has 0 saturated carbocycles. The Morgan fingerprint density at radius 2 is 1.79 bits per heavy atom. The van der Waals surface area contributed by atoms with Gasteiger partial charge in [-0.15, -0.1) is 0 Å². The second-order valence-electron chi connectivity index (χ2n) is 5.12. The van der Waals surface area contributed by atoms with Crippen molar-refractivity contribution >= 4 is 0 Å². The van der Waals surface area contributed by atoms with E-state index >= 15 is 0 Å². The summed E-state index contributed by atoms with van der Waals surface area (Å²) in [4.78, 5) is 2.57. The molecular formula is C12H23NO. The van der Waals surface area contributed by atoms with Gasteiger partial charge in [0.2, 0.25) is 0 Å². The first-order chi connectivity index (χ1) is 6.72. The summed E-state index contributed by atoms with van der Waals surface area (Å²) in [7, 11) is 0. The molecule has 2 aliphatic heterocycles. The van der Waals surface area contributed by atoms with Gasteiger partial charge in [0.25, 0.3) is 0 Å². The van der Waals surface area contributed by atoms with Crippen LogP contribution in [-0.4, -0.2) is 36.2 Å². The van der Waals surface area contributed by atoms with E-state index in [0.29, 0.717) is 6.04 Å². The molecule has 2 rings (SSSR count). The molecule has 0 radical (unpaired) electrons. The molecule has 2 saturated heterocycles. The molecule has 0 atom stereocenters. The topological polar surface area (TPSA) is 12.5 Å². The van der Waals surface area contributed by atoms with E-state index in [0.717, 1.165) is 6.61 Å². The van der Waals surface area contributed by atoms with Gasteiger partial charge in [-0.1, -0.05) is 0 Å². The average Bonchev–Trinajstić information content (AvgIpc) is 2.19. The molecule has 0 bridgehead atoms. The van der Waals surface area contributed by atoms with Crippen molar-refractivity contribution in [3.05, 3.63) is 0 Å². The normalized spacial score (nSPS) is 28.5. The molecule has 0 aromatic carbocycles. The number of piperidine rings is 1. The van der Waals surface area contributed by atoms with Crippen molar-refractivity contribution in [2.24, 2.45) is 0 Å². The molecule has 0 unspecified atom stereocenters. The number of rotatable bonds is 1. The van der Waals surface area contributed by atoms with Gasteiger partial charge in [-0.3, -0.25) is 0 Å². The highest BCUT2D eigenvalue weighted by Crippen LogP contribution is 2.35. The van der Waals surface area contributed by atoms with E-state index < -0.39 is 0 Å². The number of hydrogen-bond donors (Lipinski definition) is 0. The minimum Gasteiger partial charge on any atom is -0.375 e. The van der Waals surface area contributed by atoms with Crippen molar-refractivity contribution in [3.8, 4) is 0 Å². The maximum Gasteiger partial charge on any atom is 0.0706 e. The molecule has 2 nitrogen and oxygen atoms in total. The molecule has 14 heavy (non-hydrogen) atoms. The van der Waals surface area contributed by atoms with Gasteiger partial charge >= 0.3 is 0 Å². The third-order valence-electron chi connectivity index (χ3n) is 3.87. The van der Waals surface area contributed by atoms with Crippen molar-refractivity contribution in [2.75, 3.05) is 19.7 Å². The highest BCUT2D eigenvalue weighted by molar-refractivity contribution is 4.90. The van der Waals surface area contributed by atoms with E-state index in [1.165, 1.54) is 45.2 Å². The van der Waals surface area contributed by atoms with Crippen LogP contribution in [-0.2, 0) is 4.74 Å². The molecule has 0 N–H and O–H groups in total. The Bertz CT molecular complexity index is 175. The molecule has 2 fully saturated rings. The van der Waals surface area contributed by atoms with Crippen molar-refractivity contribution in [3.63, 3.8) is 0 Å². The van der Waals surface area contributed by atoms with E-state index in [1.807, 2.05) is 0 Å². The summed E-state index contributed by atoms with van der Waals surface area (Å²) >= 11 is 0. The predicted octanol–water partition coefficient (Wildman–Crippen LogP) is 2.43. The fraction of sp³-hybridized carbons (Fsp3) is 1.00. The van der Waals surface area contributed by atoms with Gasteiger partial charge in [0.05, 0.1) is 5.60 Å². The monoisotopic (exact) mass is 197 g/mol. The number of hydrogen-bond acceptors (Lipinski definition) is 2. The largest absolute Gasteiger partial charge is 0.375 e. The van der Waals surface area contributed by atoms with Crippen LogP contribution in [0.1, 0.15) is 46.0 Å². The fourth-order valence-corrected chi connectivity index (χ4v) is 2.75. The summed E-state index contributed by atoms with van der Waals surface area (Å²) in [5.74, 6) is 0. The zero-order valence-corrected chi connectivity index (χ0v) is 9.59. The van der Waals surface area contributed by atoms with Crippen LogP contribution in [0.25, 0.3) is 0 Å². The lowest BCUT2D eigenvalue weighted by Crippen LogP contribution is -2.49. The standard InChI is InChI=1S/C12H23NO/c1-11(2)13-8-6-12(7-9-13)5-3-4-10-14-12/h11H,3-10H2,1-2H3. The summed E-state index contributed by atoms with van der Waals surface area (Å²) in [6.07, 6.45) is 6.46. The molecule has 0 aromatic rings. The highest BCUT2D eigenvalue weighted by atomic mass is 16.5. The maximum atomic E-state index is 6.01. The third-order valence-corrected chi connectivity index (χ3v) is 3.87. The van der Waals surface area contributed by atoms with Crippen molar-refractivity contribution < 1.29 is 4.74 Å². The minimum absolute atomic E-state index is 0.281. The summed E-state index contributed by atoms with van der Waals surface area (Å²) in [6.45, 7) is 8.05. The van der Waals surface area contributed by atoms with Gasteiger partial charge in [0.15, 0.2) is 0 Å². The average molecular weight is 197 g/mol. The Hall–Kier alpha value is -0.0800. The Morgan fingerprint density at radius 3 is 2.29 bits per heavy atom. The lowest BCUT2D eigenvalue weighted by molar-refractivity contribution is -0.113. The van der Waals surface area contributed by atoms with Gasteiger partial charge < -0.3 is 9.64 Å². The van der Waals surface area contributed by atoms with Crippen LogP contribution in [0.4, 0.5) is 0 Å². The van der Waals surface area contributed by atoms with Gasteiger partial charge in [-0.05, 0) is 46.0 Å². The van der Waals surface area contributed by atoms with Gasteiger partial charge in [0.1, 0.15) is 0 Å². The lowest BCUT2D eigenvalue weighted by Gasteiger charge is -2.45. The lowest BCUT2D eigenvalue weighted by atomic mass is 9.84. The molecule has 0 aromatic heterocycles. The number of ether oxygens (including phenoxy) is 1. The van der Waals surface area contributed by atoms with Gasteiger partial charge in [-0.2, -0.15) is 0 Å². The highest BCUT2D eigenvalue weighted by Gasteiger charge is 2.37. The Balaban J connectivity index is 1.87. The third kappa shape index (κ3) is 2.12. The smallest absolute Gasteiger partial charge is 0.0706 e. The first-order valence-electron chi connectivity index (χ1n) is 6.10. The van der Waals surface area contributed by atoms with Crippen LogP contribution >= 0.6 is 0 Å². The van der Waals surface area contributed by atoms with Crippen LogP contribution in [0.2, 0.25) is 0 Å². The summed E-state index contributed by atoms with van der Waals surface area (Å²) in [5, 5.41) is 0.